The Bertz CT molecular complexity index is 193. The van der Waals surface area contributed by atoms with Crippen molar-refractivity contribution in [2.45, 2.75) is 76.3 Å². The molecule has 0 amide bonds. The van der Waals surface area contributed by atoms with E-state index >= 15 is 0 Å². The van der Waals surface area contributed by atoms with Crippen molar-refractivity contribution in [3.63, 3.8) is 0 Å². The highest BCUT2D eigenvalue weighted by atomic mass is 32.2. The van der Waals surface area contributed by atoms with Crippen LogP contribution in [0, 0.1) is 0 Å². The Hall–Kier alpha value is 0.660. The summed E-state index contributed by atoms with van der Waals surface area (Å²) in [5.74, 6) is 2.62. The largest absolute Gasteiger partial charge is 0.244 e. The molecule has 2 aliphatic carbocycles. The highest BCUT2D eigenvalue weighted by Gasteiger charge is 2.28. The zero-order valence-corrected chi connectivity index (χ0v) is 13.5. The van der Waals surface area contributed by atoms with Gasteiger partial charge in [-0.15, -0.1) is 0 Å². The summed E-state index contributed by atoms with van der Waals surface area (Å²) in [5.41, 5.74) is 0. The van der Waals surface area contributed by atoms with Crippen molar-refractivity contribution in [2.24, 2.45) is 0 Å². The molecule has 0 aliphatic heterocycles. The quantitative estimate of drug-likeness (QED) is 0.502. The van der Waals surface area contributed by atoms with Crippen LogP contribution < -0.4 is 0 Å². The van der Waals surface area contributed by atoms with Crippen LogP contribution in [0.4, 0.5) is 0 Å². The van der Waals surface area contributed by atoms with Crippen molar-refractivity contribution in [2.75, 3.05) is 17.8 Å². The lowest BCUT2D eigenvalue weighted by Gasteiger charge is -2.40. The number of thioether (sulfide) groups is 1. The average molecular weight is 288 g/mol. The van der Waals surface area contributed by atoms with Crippen LogP contribution in [0.15, 0.2) is 0 Å². The number of nitrogens with zero attached hydrogens (tertiary/aromatic N) is 1. The molecule has 0 radical (unpaired) electrons. The zero-order valence-electron chi connectivity index (χ0n) is 11.9. The van der Waals surface area contributed by atoms with Crippen LogP contribution in [0.1, 0.15) is 64.2 Å². The summed E-state index contributed by atoms with van der Waals surface area (Å²) in [5, 5.41) is 0. The molecule has 0 heterocycles. The van der Waals surface area contributed by atoms with Gasteiger partial charge in [-0.2, -0.15) is 11.8 Å². The Morgan fingerprint density at radius 1 is 0.778 bits per heavy atom. The summed E-state index contributed by atoms with van der Waals surface area (Å²) >= 11 is 4.16. The van der Waals surface area contributed by atoms with E-state index in [1.165, 1.54) is 75.7 Å². The van der Waals surface area contributed by atoms with Gasteiger partial charge < -0.3 is 0 Å². The van der Waals surface area contributed by atoms with Crippen molar-refractivity contribution in [3.8, 4) is 0 Å². The molecule has 0 atom stereocenters. The van der Waals surface area contributed by atoms with Crippen LogP contribution in [-0.2, 0) is 0 Å². The molecule has 0 N–H and O–H groups in total. The van der Waals surface area contributed by atoms with Crippen LogP contribution in [0.2, 0.25) is 0 Å². The van der Waals surface area contributed by atoms with E-state index in [2.05, 4.69) is 22.5 Å². The van der Waals surface area contributed by atoms with Gasteiger partial charge in [0, 0.05) is 23.6 Å². The minimum absolute atomic E-state index is 0.897. The molecule has 0 spiro atoms. The topological polar surface area (TPSA) is 3.24 Å². The second-order valence-electron chi connectivity index (χ2n) is 5.77. The minimum Gasteiger partial charge on any atom is -0.244 e. The molecular weight excluding hydrogens is 258 g/mol. The van der Waals surface area contributed by atoms with E-state index in [0.717, 1.165) is 12.1 Å². The molecular formula is C15H29NS2. The van der Waals surface area contributed by atoms with E-state index in [1.807, 2.05) is 11.8 Å². The predicted octanol–water partition coefficient (Wildman–Crippen LogP) is 4.97. The summed E-state index contributed by atoms with van der Waals surface area (Å²) in [6.45, 7) is 0. The monoisotopic (exact) mass is 287 g/mol. The highest BCUT2D eigenvalue weighted by Crippen LogP contribution is 2.34. The smallest absolute Gasteiger partial charge is 0.0205 e. The van der Waals surface area contributed by atoms with E-state index in [0.29, 0.717) is 0 Å². The van der Waals surface area contributed by atoms with E-state index < -0.39 is 0 Å². The number of hydrogen-bond acceptors (Lipinski definition) is 3. The third kappa shape index (κ3) is 4.64. The summed E-state index contributed by atoms with van der Waals surface area (Å²) in [6, 6.07) is 1.79. The van der Waals surface area contributed by atoms with Gasteiger partial charge in [0.2, 0.25) is 0 Å². The maximum absolute atomic E-state index is 2.86. The van der Waals surface area contributed by atoms with E-state index in [1.54, 1.807) is 0 Å². The van der Waals surface area contributed by atoms with Gasteiger partial charge >= 0.3 is 0 Å². The Kier molecular flexibility index (Phi) is 7.32. The first-order valence-electron chi connectivity index (χ1n) is 7.82. The normalized spacial score (nSPS) is 23.7. The Morgan fingerprint density at radius 2 is 1.28 bits per heavy atom. The van der Waals surface area contributed by atoms with Gasteiger partial charge in [-0.1, -0.05) is 50.5 Å². The second kappa shape index (κ2) is 8.76. The van der Waals surface area contributed by atoms with E-state index in [4.69, 9.17) is 0 Å². The lowest BCUT2D eigenvalue weighted by Crippen LogP contribution is -2.40. The fourth-order valence-corrected chi connectivity index (χ4v) is 5.42. The average Bonchev–Trinajstić information content (AvgIpc) is 2.46. The van der Waals surface area contributed by atoms with Gasteiger partial charge in [-0.3, -0.25) is 0 Å². The second-order valence-corrected chi connectivity index (χ2v) is 7.84. The standard InChI is InChI=1S/C15H29NS2/c1-17-12-13-18-16(14-8-4-2-5-9-14)15-10-6-3-7-11-15/h14-15H,2-13H2,1H3. The summed E-state index contributed by atoms with van der Waals surface area (Å²) < 4.78 is 2.86. The SMILES string of the molecule is CSCCSN(C1CCCCC1)C1CCCCC1. The van der Waals surface area contributed by atoms with Gasteiger partial charge in [0.1, 0.15) is 0 Å². The van der Waals surface area contributed by atoms with Crippen LogP contribution in [0.5, 0.6) is 0 Å². The minimum atomic E-state index is 0.897. The van der Waals surface area contributed by atoms with Crippen molar-refractivity contribution < 1.29 is 0 Å². The molecule has 1 nitrogen and oxygen atoms in total. The summed E-state index contributed by atoms with van der Waals surface area (Å²) in [6.07, 6.45) is 16.9. The third-order valence-electron chi connectivity index (χ3n) is 4.40. The summed E-state index contributed by atoms with van der Waals surface area (Å²) in [7, 11) is 0. The molecule has 0 aromatic heterocycles. The molecule has 3 heteroatoms. The van der Waals surface area contributed by atoms with Gasteiger partial charge in [0.25, 0.3) is 0 Å². The van der Waals surface area contributed by atoms with E-state index in [9.17, 15) is 0 Å². The van der Waals surface area contributed by atoms with Gasteiger partial charge in [0.15, 0.2) is 0 Å². The Morgan fingerprint density at radius 3 is 1.72 bits per heavy atom. The van der Waals surface area contributed by atoms with Gasteiger partial charge in [-0.05, 0) is 31.9 Å². The maximum atomic E-state index is 2.86. The summed E-state index contributed by atoms with van der Waals surface area (Å²) in [4.78, 5) is 0. The predicted molar refractivity (Wildman–Crippen MR) is 86.4 cm³/mol. The van der Waals surface area contributed by atoms with Crippen molar-refractivity contribution in [1.82, 2.24) is 4.31 Å². The van der Waals surface area contributed by atoms with Crippen molar-refractivity contribution in [1.29, 1.82) is 0 Å². The molecule has 0 unspecified atom stereocenters. The zero-order chi connectivity index (χ0) is 12.6. The molecule has 2 aliphatic rings. The Balaban J connectivity index is 1.87. The van der Waals surface area contributed by atoms with E-state index in [-0.39, 0.29) is 0 Å². The highest BCUT2D eigenvalue weighted by molar-refractivity contribution is 8.01. The molecule has 2 saturated carbocycles. The van der Waals surface area contributed by atoms with Crippen LogP contribution in [0.25, 0.3) is 0 Å². The molecule has 0 bridgehead atoms. The fourth-order valence-electron chi connectivity index (χ4n) is 3.41. The first-order chi connectivity index (χ1) is 8.92. The first kappa shape index (κ1) is 15.1. The fraction of sp³-hybridized carbons (Fsp3) is 1.00. The van der Waals surface area contributed by atoms with Gasteiger partial charge in [0.05, 0.1) is 0 Å². The molecule has 2 fully saturated rings. The number of hydrogen-bond donors (Lipinski definition) is 0. The molecule has 0 aromatic rings. The number of rotatable bonds is 6. The maximum Gasteiger partial charge on any atom is 0.0205 e. The third-order valence-corrected chi connectivity index (χ3v) is 6.55. The Labute approximate surface area is 122 Å². The van der Waals surface area contributed by atoms with Crippen LogP contribution in [0.3, 0.4) is 0 Å². The molecule has 106 valence electrons. The van der Waals surface area contributed by atoms with Gasteiger partial charge in [-0.25, -0.2) is 4.31 Å². The molecule has 0 saturated heterocycles. The molecule has 18 heavy (non-hydrogen) atoms. The van der Waals surface area contributed by atoms with Crippen molar-refractivity contribution in [3.05, 3.63) is 0 Å². The van der Waals surface area contributed by atoms with Crippen molar-refractivity contribution >= 4 is 23.7 Å². The molecule has 0 aromatic carbocycles. The lowest BCUT2D eigenvalue weighted by molar-refractivity contribution is 0.185. The first-order valence-corrected chi connectivity index (χ1v) is 10.2. The van der Waals surface area contributed by atoms with Crippen LogP contribution in [-0.4, -0.2) is 34.2 Å². The molecule has 2 rings (SSSR count). The van der Waals surface area contributed by atoms with Crippen LogP contribution >= 0.6 is 23.7 Å². The lowest BCUT2D eigenvalue weighted by atomic mass is 9.91.